The molecule has 11 heavy (non-hydrogen) atoms. The second-order valence-corrected chi connectivity index (χ2v) is 3.83. The SMILES string of the molecule is CN1C[C@H]1c1ccccc1Br. The standard InChI is InChI=1S/C9H10BrN/c1-11-6-9(11)7-4-2-3-5-8(7)10/h2-5,9H,6H2,1H3/t9-,11?/m0/s1. The molecule has 1 aromatic rings. The van der Waals surface area contributed by atoms with Crippen LogP contribution in [0.15, 0.2) is 28.7 Å². The minimum atomic E-state index is 0.658. The van der Waals surface area contributed by atoms with Gasteiger partial charge in [-0.05, 0) is 18.7 Å². The van der Waals surface area contributed by atoms with Crippen LogP contribution in [0.3, 0.4) is 0 Å². The Morgan fingerprint density at radius 3 is 2.64 bits per heavy atom. The van der Waals surface area contributed by atoms with Gasteiger partial charge in [0.2, 0.25) is 0 Å². The first-order chi connectivity index (χ1) is 5.29. The number of rotatable bonds is 1. The summed E-state index contributed by atoms with van der Waals surface area (Å²) in [6.07, 6.45) is 0. The average molecular weight is 212 g/mol. The third-order valence-electron chi connectivity index (χ3n) is 2.12. The lowest BCUT2D eigenvalue weighted by molar-refractivity contribution is 0.630. The summed E-state index contributed by atoms with van der Waals surface area (Å²) >= 11 is 3.54. The second kappa shape index (κ2) is 2.61. The smallest absolute Gasteiger partial charge is 0.0484 e. The number of likely N-dealkylation sites (N-methyl/N-ethyl adjacent to an activating group) is 1. The van der Waals surface area contributed by atoms with Crippen molar-refractivity contribution in [1.29, 1.82) is 0 Å². The molecule has 0 bridgehead atoms. The quantitative estimate of drug-likeness (QED) is 0.646. The second-order valence-electron chi connectivity index (χ2n) is 2.98. The zero-order valence-corrected chi connectivity index (χ0v) is 8.01. The molecule has 0 radical (unpaired) electrons. The van der Waals surface area contributed by atoms with Gasteiger partial charge in [-0.1, -0.05) is 34.1 Å². The summed E-state index contributed by atoms with van der Waals surface area (Å²) in [6.45, 7) is 1.20. The van der Waals surface area contributed by atoms with Gasteiger partial charge in [0.25, 0.3) is 0 Å². The summed E-state index contributed by atoms with van der Waals surface area (Å²) in [5.74, 6) is 0. The van der Waals surface area contributed by atoms with Gasteiger partial charge in [0.05, 0.1) is 0 Å². The van der Waals surface area contributed by atoms with Crippen LogP contribution in [0.2, 0.25) is 0 Å². The molecule has 1 nitrogen and oxygen atoms in total. The van der Waals surface area contributed by atoms with Crippen LogP contribution < -0.4 is 0 Å². The van der Waals surface area contributed by atoms with Gasteiger partial charge in [-0.25, -0.2) is 0 Å². The third kappa shape index (κ3) is 1.33. The van der Waals surface area contributed by atoms with Crippen LogP contribution in [0, 0.1) is 0 Å². The van der Waals surface area contributed by atoms with Crippen molar-refractivity contribution >= 4 is 15.9 Å². The van der Waals surface area contributed by atoms with Gasteiger partial charge in [-0.3, -0.25) is 4.90 Å². The lowest BCUT2D eigenvalue weighted by Crippen LogP contribution is -1.88. The van der Waals surface area contributed by atoms with Gasteiger partial charge in [0, 0.05) is 17.1 Å². The predicted molar refractivity (Wildman–Crippen MR) is 49.5 cm³/mol. The van der Waals surface area contributed by atoms with Crippen molar-refractivity contribution in [2.24, 2.45) is 0 Å². The van der Waals surface area contributed by atoms with Crippen LogP contribution in [0.1, 0.15) is 11.6 Å². The van der Waals surface area contributed by atoms with E-state index >= 15 is 0 Å². The molecule has 0 spiro atoms. The maximum Gasteiger partial charge on any atom is 0.0484 e. The summed E-state index contributed by atoms with van der Waals surface area (Å²) in [4.78, 5) is 2.32. The highest BCUT2D eigenvalue weighted by Gasteiger charge is 2.32. The predicted octanol–water partition coefficient (Wildman–Crippen LogP) is 2.44. The van der Waals surface area contributed by atoms with Crippen molar-refractivity contribution in [3.8, 4) is 0 Å². The summed E-state index contributed by atoms with van der Waals surface area (Å²) < 4.78 is 1.23. The summed E-state index contributed by atoms with van der Waals surface area (Å²) in [5.41, 5.74) is 1.41. The Labute approximate surface area is 75.1 Å². The number of hydrogen-bond acceptors (Lipinski definition) is 1. The highest BCUT2D eigenvalue weighted by Crippen LogP contribution is 2.36. The third-order valence-corrected chi connectivity index (χ3v) is 2.85. The molecule has 0 aliphatic carbocycles. The molecule has 1 aromatic carbocycles. The summed E-state index contributed by atoms with van der Waals surface area (Å²) in [5, 5.41) is 0. The molecule has 1 heterocycles. The van der Waals surface area contributed by atoms with E-state index in [2.05, 4.69) is 52.1 Å². The van der Waals surface area contributed by atoms with Gasteiger partial charge in [0.15, 0.2) is 0 Å². The molecule has 2 heteroatoms. The van der Waals surface area contributed by atoms with Crippen molar-refractivity contribution < 1.29 is 0 Å². The number of hydrogen-bond donors (Lipinski definition) is 0. The van der Waals surface area contributed by atoms with E-state index < -0.39 is 0 Å². The molecule has 58 valence electrons. The zero-order valence-electron chi connectivity index (χ0n) is 6.42. The van der Waals surface area contributed by atoms with E-state index in [1.54, 1.807) is 0 Å². The Morgan fingerprint density at radius 1 is 1.45 bits per heavy atom. The van der Waals surface area contributed by atoms with Crippen LogP contribution in [0.25, 0.3) is 0 Å². The molecule has 1 saturated heterocycles. The van der Waals surface area contributed by atoms with Crippen LogP contribution in [-0.4, -0.2) is 18.5 Å². The van der Waals surface area contributed by atoms with Gasteiger partial charge in [-0.2, -0.15) is 0 Å². The van der Waals surface area contributed by atoms with Crippen LogP contribution in [-0.2, 0) is 0 Å². The highest BCUT2D eigenvalue weighted by molar-refractivity contribution is 9.10. The monoisotopic (exact) mass is 211 g/mol. The lowest BCUT2D eigenvalue weighted by atomic mass is 10.2. The Balaban J connectivity index is 2.31. The molecule has 1 unspecified atom stereocenters. The molecule has 2 rings (SSSR count). The van der Waals surface area contributed by atoms with Gasteiger partial charge < -0.3 is 0 Å². The molecule has 0 saturated carbocycles. The van der Waals surface area contributed by atoms with Crippen molar-refractivity contribution in [3.63, 3.8) is 0 Å². The van der Waals surface area contributed by atoms with E-state index in [0.29, 0.717) is 6.04 Å². The minimum Gasteiger partial charge on any atom is -0.296 e. The number of benzene rings is 1. The molecule has 0 amide bonds. The first kappa shape index (κ1) is 7.32. The van der Waals surface area contributed by atoms with E-state index in [1.165, 1.54) is 16.6 Å². The minimum absolute atomic E-state index is 0.658. The highest BCUT2D eigenvalue weighted by atomic mass is 79.9. The van der Waals surface area contributed by atoms with E-state index in [0.717, 1.165) is 0 Å². The molecule has 2 atom stereocenters. The Bertz CT molecular complexity index is 272. The first-order valence-electron chi connectivity index (χ1n) is 3.73. The Morgan fingerprint density at radius 2 is 2.09 bits per heavy atom. The molecular formula is C9H10BrN. The zero-order chi connectivity index (χ0) is 7.84. The normalized spacial score (nSPS) is 28.5. The largest absolute Gasteiger partial charge is 0.296 e. The molecule has 0 N–H and O–H groups in total. The maximum atomic E-state index is 3.54. The van der Waals surface area contributed by atoms with Crippen molar-refractivity contribution in [1.82, 2.24) is 4.90 Å². The summed E-state index contributed by atoms with van der Waals surface area (Å²) in [6, 6.07) is 9.08. The number of halogens is 1. The molecule has 1 aliphatic heterocycles. The van der Waals surface area contributed by atoms with Crippen molar-refractivity contribution in [2.45, 2.75) is 6.04 Å². The number of nitrogens with zero attached hydrogens (tertiary/aromatic N) is 1. The van der Waals surface area contributed by atoms with Crippen molar-refractivity contribution in [2.75, 3.05) is 13.6 Å². The molecular weight excluding hydrogens is 202 g/mol. The van der Waals surface area contributed by atoms with E-state index in [9.17, 15) is 0 Å². The van der Waals surface area contributed by atoms with Crippen LogP contribution >= 0.6 is 15.9 Å². The van der Waals surface area contributed by atoms with Crippen LogP contribution in [0.4, 0.5) is 0 Å². The topological polar surface area (TPSA) is 3.01 Å². The molecule has 1 fully saturated rings. The molecule has 1 aliphatic rings. The fourth-order valence-corrected chi connectivity index (χ4v) is 1.86. The Kier molecular flexibility index (Phi) is 1.74. The average Bonchev–Trinajstić information content (AvgIpc) is 2.68. The fraction of sp³-hybridized carbons (Fsp3) is 0.333. The maximum absolute atomic E-state index is 3.54. The molecule has 0 aromatic heterocycles. The fourth-order valence-electron chi connectivity index (χ4n) is 1.31. The van der Waals surface area contributed by atoms with Gasteiger partial charge >= 0.3 is 0 Å². The van der Waals surface area contributed by atoms with E-state index in [1.807, 2.05) is 0 Å². The van der Waals surface area contributed by atoms with Crippen molar-refractivity contribution in [3.05, 3.63) is 34.3 Å². The van der Waals surface area contributed by atoms with Crippen LogP contribution in [0.5, 0.6) is 0 Å². The van der Waals surface area contributed by atoms with E-state index in [4.69, 9.17) is 0 Å². The summed E-state index contributed by atoms with van der Waals surface area (Å²) in [7, 11) is 2.14. The van der Waals surface area contributed by atoms with Gasteiger partial charge in [-0.15, -0.1) is 0 Å². The Hall–Kier alpha value is -0.340. The van der Waals surface area contributed by atoms with E-state index in [-0.39, 0.29) is 0 Å². The van der Waals surface area contributed by atoms with Gasteiger partial charge in [0.1, 0.15) is 0 Å². The first-order valence-corrected chi connectivity index (χ1v) is 4.53. The lowest BCUT2D eigenvalue weighted by Gasteiger charge is -2.00.